The van der Waals surface area contributed by atoms with Gasteiger partial charge in [0.25, 0.3) is 0 Å². The van der Waals surface area contributed by atoms with Crippen molar-refractivity contribution < 1.29 is 14.6 Å². The molecule has 6 heteroatoms. The van der Waals surface area contributed by atoms with Crippen LogP contribution in [0.1, 0.15) is 31.7 Å². The Kier molecular flexibility index (Phi) is 9.86. The highest BCUT2D eigenvalue weighted by atomic mass is 35.5. The van der Waals surface area contributed by atoms with Crippen LogP contribution in [0.3, 0.4) is 0 Å². The van der Waals surface area contributed by atoms with E-state index in [1.807, 2.05) is 19.1 Å². The van der Waals surface area contributed by atoms with Gasteiger partial charge in [-0.15, -0.1) is 12.4 Å². The van der Waals surface area contributed by atoms with Gasteiger partial charge < -0.3 is 14.7 Å². The standard InChI is InChI=1S/C19H30N2O3.ClH/c1-3-21(15-19(22)23)17-9-12-20(13-10-17)11-5-7-16-6-4-8-18(14-16)24-2;/h4,6,8,14,17H,3,5,7,9-13,15H2,1-2H3,(H,22,23);1H. The molecule has 1 aromatic rings. The second-order valence-corrected chi connectivity index (χ2v) is 6.48. The Morgan fingerprint density at radius 3 is 2.68 bits per heavy atom. The van der Waals surface area contributed by atoms with E-state index in [0.717, 1.165) is 57.6 Å². The van der Waals surface area contributed by atoms with Gasteiger partial charge in [0.2, 0.25) is 0 Å². The topological polar surface area (TPSA) is 53.0 Å². The van der Waals surface area contributed by atoms with E-state index >= 15 is 0 Å². The van der Waals surface area contributed by atoms with Crippen molar-refractivity contribution in [3.05, 3.63) is 29.8 Å². The summed E-state index contributed by atoms with van der Waals surface area (Å²) in [7, 11) is 1.70. The van der Waals surface area contributed by atoms with Crippen LogP contribution in [-0.2, 0) is 11.2 Å². The van der Waals surface area contributed by atoms with Gasteiger partial charge >= 0.3 is 5.97 Å². The highest BCUT2D eigenvalue weighted by Gasteiger charge is 2.24. The van der Waals surface area contributed by atoms with E-state index < -0.39 is 5.97 Å². The average molecular weight is 371 g/mol. The first-order chi connectivity index (χ1) is 11.6. The van der Waals surface area contributed by atoms with Crippen molar-refractivity contribution in [1.82, 2.24) is 9.80 Å². The third-order valence-corrected chi connectivity index (χ3v) is 4.89. The Labute approximate surface area is 157 Å². The molecule has 2 rings (SSSR count). The molecule has 1 fully saturated rings. The zero-order valence-corrected chi connectivity index (χ0v) is 16.1. The molecular formula is C19H31ClN2O3. The lowest BCUT2D eigenvalue weighted by Gasteiger charge is -2.37. The number of hydrogen-bond donors (Lipinski definition) is 1. The third-order valence-electron chi connectivity index (χ3n) is 4.89. The summed E-state index contributed by atoms with van der Waals surface area (Å²) in [5, 5.41) is 9.00. The van der Waals surface area contributed by atoms with Crippen LogP contribution in [0, 0.1) is 0 Å². The number of methoxy groups -OCH3 is 1. The molecule has 25 heavy (non-hydrogen) atoms. The molecule has 0 aromatic heterocycles. The Morgan fingerprint density at radius 1 is 1.36 bits per heavy atom. The molecule has 0 saturated carbocycles. The van der Waals surface area contributed by atoms with Crippen LogP contribution in [0.4, 0.5) is 0 Å². The number of nitrogens with zero attached hydrogens (tertiary/aromatic N) is 2. The van der Waals surface area contributed by atoms with Gasteiger partial charge in [0.1, 0.15) is 5.75 Å². The highest BCUT2D eigenvalue weighted by molar-refractivity contribution is 5.85. The van der Waals surface area contributed by atoms with Crippen molar-refractivity contribution in [3.63, 3.8) is 0 Å². The van der Waals surface area contributed by atoms with E-state index in [1.165, 1.54) is 5.56 Å². The number of ether oxygens (including phenoxy) is 1. The van der Waals surface area contributed by atoms with Gasteiger partial charge in [-0.05, 0) is 69.6 Å². The van der Waals surface area contributed by atoms with E-state index in [4.69, 9.17) is 9.84 Å². The zero-order valence-electron chi connectivity index (χ0n) is 15.3. The van der Waals surface area contributed by atoms with Gasteiger partial charge in [-0.1, -0.05) is 19.1 Å². The molecule has 1 saturated heterocycles. The van der Waals surface area contributed by atoms with Crippen molar-refractivity contribution >= 4 is 18.4 Å². The SMILES string of the molecule is CCN(CC(=O)O)C1CCN(CCCc2cccc(OC)c2)CC1.Cl. The lowest BCUT2D eigenvalue weighted by atomic mass is 10.0. The first kappa shape index (κ1) is 21.7. The van der Waals surface area contributed by atoms with Gasteiger partial charge in [0.15, 0.2) is 0 Å². The number of aryl methyl sites for hydroxylation is 1. The summed E-state index contributed by atoms with van der Waals surface area (Å²) in [5.74, 6) is 0.198. The molecule has 0 atom stereocenters. The fourth-order valence-corrected chi connectivity index (χ4v) is 3.52. The van der Waals surface area contributed by atoms with Crippen LogP contribution in [0.2, 0.25) is 0 Å². The molecule has 0 radical (unpaired) electrons. The quantitative estimate of drug-likeness (QED) is 0.724. The smallest absolute Gasteiger partial charge is 0.317 e. The number of likely N-dealkylation sites (tertiary alicyclic amines) is 1. The highest BCUT2D eigenvalue weighted by Crippen LogP contribution is 2.18. The molecule has 1 N–H and O–H groups in total. The van der Waals surface area contributed by atoms with Gasteiger partial charge in [-0.25, -0.2) is 0 Å². The zero-order chi connectivity index (χ0) is 17.4. The number of carboxylic acids is 1. The Balaban J connectivity index is 0.00000312. The van der Waals surface area contributed by atoms with Crippen LogP contribution in [0.15, 0.2) is 24.3 Å². The number of likely N-dealkylation sites (N-methyl/N-ethyl adjacent to an activating group) is 1. The largest absolute Gasteiger partial charge is 0.497 e. The summed E-state index contributed by atoms with van der Waals surface area (Å²) in [6, 6.07) is 8.70. The summed E-state index contributed by atoms with van der Waals surface area (Å²) in [6.07, 6.45) is 4.35. The van der Waals surface area contributed by atoms with Crippen LogP contribution >= 0.6 is 12.4 Å². The molecular weight excluding hydrogens is 340 g/mol. The van der Waals surface area contributed by atoms with Crippen molar-refractivity contribution in [2.24, 2.45) is 0 Å². The predicted octanol–water partition coefficient (Wildman–Crippen LogP) is 2.92. The first-order valence-corrected chi connectivity index (χ1v) is 8.93. The molecule has 0 unspecified atom stereocenters. The monoisotopic (exact) mass is 370 g/mol. The fourth-order valence-electron chi connectivity index (χ4n) is 3.52. The van der Waals surface area contributed by atoms with Crippen LogP contribution < -0.4 is 4.74 Å². The number of aliphatic carboxylic acids is 1. The first-order valence-electron chi connectivity index (χ1n) is 8.93. The minimum atomic E-state index is -0.724. The molecule has 1 aliphatic rings. The van der Waals surface area contributed by atoms with Crippen LogP contribution in [0.5, 0.6) is 5.75 Å². The number of rotatable bonds is 9. The second kappa shape index (κ2) is 11.3. The lowest BCUT2D eigenvalue weighted by Crippen LogP contribution is -2.46. The molecule has 0 aliphatic carbocycles. The fraction of sp³-hybridized carbons (Fsp3) is 0.632. The number of carbonyl (C=O) groups is 1. The Bertz CT molecular complexity index is 519. The van der Waals surface area contributed by atoms with Gasteiger partial charge in [-0.2, -0.15) is 0 Å². The molecule has 142 valence electrons. The third kappa shape index (κ3) is 7.22. The van der Waals surface area contributed by atoms with Gasteiger partial charge in [0.05, 0.1) is 13.7 Å². The predicted molar refractivity (Wildman–Crippen MR) is 103 cm³/mol. The van der Waals surface area contributed by atoms with Crippen LogP contribution in [-0.4, -0.2) is 66.8 Å². The number of hydrogen-bond acceptors (Lipinski definition) is 4. The van der Waals surface area contributed by atoms with E-state index in [9.17, 15) is 4.79 Å². The molecule has 1 heterocycles. The molecule has 1 aliphatic heterocycles. The van der Waals surface area contributed by atoms with E-state index in [2.05, 4.69) is 21.9 Å². The van der Waals surface area contributed by atoms with Gasteiger partial charge in [0, 0.05) is 6.04 Å². The maximum absolute atomic E-state index is 10.9. The van der Waals surface area contributed by atoms with Crippen molar-refractivity contribution in [2.45, 2.75) is 38.6 Å². The van der Waals surface area contributed by atoms with Crippen molar-refractivity contribution in [2.75, 3.05) is 39.8 Å². The van der Waals surface area contributed by atoms with E-state index in [1.54, 1.807) is 7.11 Å². The molecule has 0 spiro atoms. The maximum atomic E-state index is 10.9. The molecule has 0 amide bonds. The maximum Gasteiger partial charge on any atom is 0.317 e. The minimum Gasteiger partial charge on any atom is -0.497 e. The Morgan fingerprint density at radius 2 is 2.08 bits per heavy atom. The average Bonchev–Trinajstić information content (AvgIpc) is 2.60. The van der Waals surface area contributed by atoms with E-state index in [0.29, 0.717) is 6.04 Å². The molecule has 1 aromatic carbocycles. The molecule has 5 nitrogen and oxygen atoms in total. The Hall–Kier alpha value is -1.30. The number of benzene rings is 1. The normalized spacial score (nSPS) is 15.8. The summed E-state index contributed by atoms with van der Waals surface area (Å²) in [5.41, 5.74) is 1.32. The van der Waals surface area contributed by atoms with Crippen molar-refractivity contribution in [3.8, 4) is 5.75 Å². The number of halogens is 1. The molecule has 0 bridgehead atoms. The number of carboxylic acid groups (broad SMARTS) is 1. The van der Waals surface area contributed by atoms with Crippen LogP contribution in [0.25, 0.3) is 0 Å². The number of piperidine rings is 1. The second-order valence-electron chi connectivity index (χ2n) is 6.48. The van der Waals surface area contributed by atoms with Gasteiger partial charge in [-0.3, -0.25) is 9.69 Å². The van der Waals surface area contributed by atoms with E-state index in [-0.39, 0.29) is 19.0 Å². The summed E-state index contributed by atoms with van der Waals surface area (Å²) < 4.78 is 5.27. The minimum absolute atomic E-state index is 0. The summed E-state index contributed by atoms with van der Waals surface area (Å²) in [4.78, 5) is 15.5. The van der Waals surface area contributed by atoms with Crippen molar-refractivity contribution in [1.29, 1.82) is 0 Å². The summed E-state index contributed by atoms with van der Waals surface area (Å²) in [6.45, 7) is 6.26. The summed E-state index contributed by atoms with van der Waals surface area (Å²) >= 11 is 0. The lowest BCUT2D eigenvalue weighted by molar-refractivity contribution is -0.139.